The van der Waals surface area contributed by atoms with Gasteiger partial charge in [-0.3, -0.25) is 4.98 Å². The second-order valence-electron chi connectivity index (χ2n) is 10.5. The number of alkyl halides is 3. The average Bonchev–Trinajstić information content (AvgIpc) is 3.00. The Labute approximate surface area is 255 Å². The number of hydrogen-bond donors (Lipinski definition) is 0. The van der Waals surface area contributed by atoms with Gasteiger partial charge in [0.15, 0.2) is 6.10 Å². The Morgan fingerprint density at radius 2 is 1.45 bits per heavy atom. The molecule has 3 rings (SSSR count). The van der Waals surface area contributed by atoms with Crippen molar-refractivity contribution < 1.29 is 41.4 Å². The third-order valence-corrected chi connectivity index (χ3v) is 6.97. The van der Waals surface area contributed by atoms with E-state index in [1.807, 2.05) is 31.2 Å². The van der Waals surface area contributed by atoms with E-state index in [2.05, 4.69) is 16.6 Å². The van der Waals surface area contributed by atoms with E-state index in [9.17, 15) is 27.2 Å². The topological polar surface area (TPSA) is 74.7 Å². The number of esters is 2. The summed E-state index contributed by atoms with van der Waals surface area (Å²) in [6.07, 6.45) is 1.98. The van der Waals surface area contributed by atoms with E-state index in [4.69, 9.17) is 9.47 Å². The summed E-state index contributed by atoms with van der Waals surface area (Å²) < 4.78 is 70.3. The molecule has 2 aromatic carbocycles. The Kier molecular flexibility index (Phi) is 13.6. The highest BCUT2D eigenvalue weighted by atomic mass is 19.4. The van der Waals surface area contributed by atoms with Gasteiger partial charge >= 0.3 is 18.1 Å². The predicted octanol–water partition coefficient (Wildman–Crippen LogP) is 9.51. The van der Waals surface area contributed by atoms with Crippen molar-refractivity contribution in [2.75, 3.05) is 6.61 Å². The molecule has 0 bridgehead atoms. The van der Waals surface area contributed by atoms with Crippen LogP contribution in [-0.2, 0) is 4.74 Å². The number of nitrogens with zero attached hydrogens (tertiary/aromatic N) is 1. The van der Waals surface area contributed by atoms with Crippen molar-refractivity contribution in [3.8, 4) is 22.8 Å². The second-order valence-corrected chi connectivity index (χ2v) is 10.5. The summed E-state index contributed by atoms with van der Waals surface area (Å²) in [4.78, 5) is 29.3. The zero-order valence-electron chi connectivity index (χ0n) is 25.1. The van der Waals surface area contributed by atoms with Gasteiger partial charge in [0.25, 0.3) is 0 Å². The molecule has 1 aromatic heterocycles. The third kappa shape index (κ3) is 11.0. The number of rotatable bonds is 17. The normalized spacial score (nSPS) is 12.0. The van der Waals surface area contributed by atoms with Gasteiger partial charge in [-0.15, -0.1) is 0 Å². The Bertz CT molecular complexity index is 1330. The molecule has 10 heteroatoms. The van der Waals surface area contributed by atoms with Gasteiger partial charge in [-0.2, -0.15) is 13.2 Å². The average molecular weight is 618 g/mol. The molecule has 0 saturated carbocycles. The Morgan fingerprint density at radius 1 is 0.795 bits per heavy atom. The van der Waals surface area contributed by atoms with E-state index < -0.39 is 42.0 Å². The zero-order chi connectivity index (χ0) is 32.0. The Hall–Kier alpha value is -3.95. The number of pyridine rings is 1. The molecule has 44 heavy (non-hydrogen) atoms. The maximum Gasteiger partial charge on any atom is 0.425 e. The van der Waals surface area contributed by atoms with E-state index >= 15 is 0 Å². The smallest absolute Gasteiger partial charge is 0.425 e. The summed E-state index contributed by atoms with van der Waals surface area (Å²) in [5.41, 5.74) is 0.835. The van der Waals surface area contributed by atoms with Crippen LogP contribution in [0.15, 0.2) is 60.8 Å². The van der Waals surface area contributed by atoms with Gasteiger partial charge < -0.3 is 14.2 Å². The number of unbranched alkanes of at least 4 members (excludes halogenated alkanes) is 7. The lowest BCUT2D eigenvalue weighted by Gasteiger charge is -2.21. The van der Waals surface area contributed by atoms with Crippen molar-refractivity contribution in [3.63, 3.8) is 0 Å². The fraction of sp³-hybridized carbons (Fsp3) is 0.441. The van der Waals surface area contributed by atoms with E-state index in [1.54, 1.807) is 6.07 Å². The molecule has 0 N–H and O–H groups in total. The summed E-state index contributed by atoms with van der Waals surface area (Å²) in [7, 11) is 0. The van der Waals surface area contributed by atoms with Crippen molar-refractivity contribution in [1.82, 2.24) is 4.98 Å². The molecule has 1 unspecified atom stereocenters. The van der Waals surface area contributed by atoms with Gasteiger partial charge in [-0.25, -0.2) is 14.0 Å². The number of benzene rings is 2. The van der Waals surface area contributed by atoms with Crippen LogP contribution in [0.5, 0.6) is 11.5 Å². The van der Waals surface area contributed by atoms with E-state index in [-0.39, 0.29) is 17.7 Å². The van der Waals surface area contributed by atoms with Crippen molar-refractivity contribution in [1.29, 1.82) is 0 Å². The minimum Gasteiger partial charge on any atom is -0.494 e. The van der Waals surface area contributed by atoms with Gasteiger partial charge in [0.05, 0.1) is 23.4 Å². The standard InChI is InChI=1S/C34H39F4NO5/c1-3-5-7-9-11-21-42-26-16-13-24(14-17-26)30-20-15-25(23-39-30)32(40)43-27-18-19-28(29(35)22-27)33(41)44-31(34(36,37)38)12-10-8-6-4-2/h13-20,22-23,31H,3-12,21H2,1-2H3. The van der Waals surface area contributed by atoms with E-state index in [1.165, 1.54) is 31.5 Å². The highest BCUT2D eigenvalue weighted by Crippen LogP contribution is 2.29. The number of halogens is 4. The Balaban J connectivity index is 1.55. The van der Waals surface area contributed by atoms with Crippen LogP contribution in [0.4, 0.5) is 17.6 Å². The SMILES string of the molecule is CCCCCCCOc1ccc(-c2ccc(C(=O)Oc3ccc(C(=O)OC(CCCCCC)C(F)(F)F)c(F)c3)cn2)cc1. The molecule has 0 aliphatic rings. The first kappa shape index (κ1) is 34.5. The van der Waals surface area contributed by atoms with Crippen molar-refractivity contribution in [2.24, 2.45) is 0 Å². The lowest BCUT2D eigenvalue weighted by molar-refractivity contribution is -0.206. The third-order valence-electron chi connectivity index (χ3n) is 6.97. The van der Waals surface area contributed by atoms with Crippen LogP contribution in [0.3, 0.4) is 0 Å². The number of hydrogen-bond acceptors (Lipinski definition) is 6. The van der Waals surface area contributed by atoms with Gasteiger partial charge in [0, 0.05) is 17.8 Å². The summed E-state index contributed by atoms with van der Waals surface area (Å²) in [5, 5.41) is 0. The highest BCUT2D eigenvalue weighted by Gasteiger charge is 2.42. The molecule has 0 aliphatic carbocycles. The van der Waals surface area contributed by atoms with Gasteiger partial charge in [-0.1, -0.05) is 58.8 Å². The van der Waals surface area contributed by atoms with Crippen molar-refractivity contribution in [3.05, 3.63) is 77.7 Å². The molecule has 0 saturated heterocycles. The largest absolute Gasteiger partial charge is 0.494 e. The van der Waals surface area contributed by atoms with E-state index in [0.717, 1.165) is 55.2 Å². The molecule has 1 heterocycles. The van der Waals surface area contributed by atoms with Crippen LogP contribution in [0.25, 0.3) is 11.3 Å². The first-order chi connectivity index (χ1) is 21.1. The molecular formula is C34H39F4NO5. The number of ether oxygens (including phenoxy) is 3. The molecule has 3 aromatic rings. The molecule has 1 atom stereocenters. The maximum atomic E-state index is 14.7. The fourth-order valence-electron chi connectivity index (χ4n) is 4.43. The number of carbonyl (C=O) groups is 2. The number of aromatic nitrogens is 1. The first-order valence-corrected chi connectivity index (χ1v) is 15.1. The molecule has 6 nitrogen and oxygen atoms in total. The van der Waals surface area contributed by atoms with Crippen molar-refractivity contribution in [2.45, 2.75) is 90.3 Å². The summed E-state index contributed by atoms with van der Waals surface area (Å²) in [6, 6.07) is 13.4. The Morgan fingerprint density at radius 3 is 2.07 bits per heavy atom. The van der Waals surface area contributed by atoms with Gasteiger partial charge in [0.1, 0.15) is 17.3 Å². The van der Waals surface area contributed by atoms with E-state index in [0.29, 0.717) is 18.7 Å². The monoisotopic (exact) mass is 617 g/mol. The maximum absolute atomic E-state index is 14.7. The van der Waals surface area contributed by atoms with Crippen LogP contribution < -0.4 is 9.47 Å². The fourth-order valence-corrected chi connectivity index (χ4v) is 4.43. The second kappa shape index (κ2) is 17.4. The summed E-state index contributed by atoms with van der Waals surface area (Å²) in [6.45, 7) is 4.76. The predicted molar refractivity (Wildman–Crippen MR) is 159 cm³/mol. The lowest BCUT2D eigenvalue weighted by Crippen LogP contribution is -2.34. The molecule has 0 radical (unpaired) electrons. The molecular weight excluding hydrogens is 578 g/mol. The van der Waals surface area contributed by atoms with Crippen LogP contribution >= 0.6 is 0 Å². The molecule has 0 aliphatic heterocycles. The quantitative estimate of drug-likeness (QED) is 0.0650. The highest BCUT2D eigenvalue weighted by molar-refractivity contribution is 5.92. The van der Waals surface area contributed by atoms with Gasteiger partial charge in [0.2, 0.25) is 0 Å². The zero-order valence-corrected chi connectivity index (χ0v) is 25.1. The summed E-state index contributed by atoms with van der Waals surface area (Å²) in [5.74, 6) is -2.92. The lowest BCUT2D eigenvalue weighted by atomic mass is 10.1. The minimum atomic E-state index is -4.78. The molecule has 0 spiro atoms. The van der Waals surface area contributed by atoms with Gasteiger partial charge in [-0.05, 0) is 67.8 Å². The minimum absolute atomic E-state index is 0.0942. The van der Waals surface area contributed by atoms with Crippen LogP contribution in [0.2, 0.25) is 0 Å². The van der Waals surface area contributed by atoms with Crippen LogP contribution in [-0.4, -0.2) is 35.8 Å². The molecule has 0 amide bonds. The molecule has 238 valence electrons. The summed E-state index contributed by atoms with van der Waals surface area (Å²) >= 11 is 0. The van der Waals surface area contributed by atoms with Crippen molar-refractivity contribution >= 4 is 11.9 Å². The first-order valence-electron chi connectivity index (χ1n) is 15.1. The van der Waals surface area contributed by atoms with Crippen LogP contribution in [0.1, 0.15) is 98.8 Å². The van der Waals surface area contributed by atoms with Crippen LogP contribution in [0, 0.1) is 5.82 Å². The molecule has 0 fully saturated rings. The number of carbonyl (C=O) groups excluding carboxylic acids is 2.